The zero-order valence-electron chi connectivity index (χ0n) is 12.9. The van der Waals surface area contributed by atoms with Crippen molar-refractivity contribution in [3.05, 3.63) is 52.8 Å². The van der Waals surface area contributed by atoms with E-state index in [0.717, 1.165) is 29.0 Å². The first kappa shape index (κ1) is 15.8. The zero-order chi connectivity index (χ0) is 16.2. The highest BCUT2D eigenvalue weighted by Gasteiger charge is 2.22. The Hall–Kier alpha value is -2.08. The molecule has 1 aliphatic rings. The predicted octanol–water partition coefficient (Wildman–Crippen LogP) is 2.82. The van der Waals surface area contributed by atoms with E-state index in [1.165, 1.54) is 0 Å². The second-order valence-corrected chi connectivity index (χ2v) is 6.28. The van der Waals surface area contributed by atoms with Crippen LogP contribution in [0, 0.1) is 0 Å². The van der Waals surface area contributed by atoms with Crippen LogP contribution in [0.2, 0.25) is 0 Å². The van der Waals surface area contributed by atoms with E-state index < -0.39 is 0 Å². The van der Waals surface area contributed by atoms with Gasteiger partial charge in [-0.2, -0.15) is 0 Å². The number of aromatic nitrogens is 1. The lowest BCUT2D eigenvalue weighted by molar-refractivity contribution is 0.0746. The number of ether oxygens (including phenoxy) is 1. The van der Waals surface area contributed by atoms with Crippen LogP contribution in [0.15, 0.2) is 47.2 Å². The quantitative estimate of drug-likeness (QED) is 0.827. The maximum atomic E-state index is 12.5. The molecule has 0 N–H and O–H groups in total. The molecule has 5 nitrogen and oxygen atoms in total. The number of carbonyl (C=O) groups is 1. The average Bonchev–Trinajstić information content (AvgIpc) is 2.61. The predicted molar refractivity (Wildman–Crippen MR) is 93.0 cm³/mol. The van der Waals surface area contributed by atoms with Crippen LogP contribution in [-0.4, -0.2) is 49.1 Å². The number of hydrogen-bond donors (Lipinski definition) is 0. The van der Waals surface area contributed by atoms with E-state index >= 15 is 0 Å². The molecule has 0 bridgehead atoms. The molecule has 0 atom stereocenters. The van der Waals surface area contributed by atoms with E-state index in [0.29, 0.717) is 18.7 Å². The fourth-order valence-corrected chi connectivity index (χ4v) is 3.04. The molecule has 1 amide bonds. The van der Waals surface area contributed by atoms with E-state index in [2.05, 4.69) is 37.9 Å². The number of piperazine rings is 1. The lowest BCUT2D eigenvalue weighted by Gasteiger charge is -2.36. The molecule has 1 aromatic carbocycles. The van der Waals surface area contributed by atoms with Gasteiger partial charge in [0.25, 0.3) is 5.91 Å². The summed E-state index contributed by atoms with van der Waals surface area (Å²) in [7, 11) is 1.66. The summed E-state index contributed by atoms with van der Waals surface area (Å²) in [6, 6.07) is 9.83. The van der Waals surface area contributed by atoms with Crippen molar-refractivity contribution in [2.24, 2.45) is 0 Å². The first-order valence-corrected chi connectivity index (χ1v) is 8.25. The minimum Gasteiger partial charge on any atom is -0.497 e. The lowest BCUT2D eigenvalue weighted by Crippen LogP contribution is -2.48. The Bertz CT molecular complexity index is 682. The number of benzene rings is 1. The molecule has 6 heteroatoms. The van der Waals surface area contributed by atoms with E-state index in [9.17, 15) is 4.79 Å². The summed E-state index contributed by atoms with van der Waals surface area (Å²) in [6.07, 6.45) is 3.29. The van der Waals surface area contributed by atoms with Crippen LogP contribution in [-0.2, 0) is 0 Å². The van der Waals surface area contributed by atoms with Gasteiger partial charge in [0.1, 0.15) is 5.75 Å². The number of halogens is 1. The highest BCUT2D eigenvalue weighted by molar-refractivity contribution is 9.10. The van der Waals surface area contributed by atoms with Crippen LogP contribution in [0.4, 0.5) is 5.69 Å². The van der Waals surface area contributed by atoms with Crippen LogP contribution in [0.5, 0.6) is 5.75 Å². The third kappa shape index (κ3) is 3.64. The molecule has 1 aliphatic heterocycles. The van der Waals surface area contributed by atoms with Gasteiger partial charge in [0.05, 0.1) is 12.7 Å². The minimum atomic E-state index is 0.0354. The van der Waals surface area contributed by atoms with Crippen molar-refractivity contribution in [3.63, 3.8) is 0 Å². The molecule has 23 heavy (non-hydrogen) atoms. The fraction of sp³-hybridized carbons (Fsp3) is 0.294. The van der Waals surface area contributed by atoms with Crippen molar-refractivity contribution in [1.82, 2.24) is 9.88 Å². The second kappa shape index (κ2) is 7.00. The van der Waals surface area contributed by atoms with Gasteiger partial charge in [0.2, 0.25) is 0 Å². The van der Waals surface area contributed by atoms with Crippen molar-refractivity contribution < 1.29 is 9.53 Å². The van der Waals surface area contributed by atoms with Crippen LogP contribution < -0.4 is 9.64 Å². The smallest absolute Gasteiger partial charge is 0.255 e. The molecule has 1 aromatic heterocycles. The van der Waals surface area contributed by atoms with Gasteiger partial charge in [-0.05, 0) is 46.3 Å². The zero-order valence-corrected chi connectivity index (χ0v) is 14.5. The van der Waals surface area contributed by atoms with Crippen LogP contribution >= 0.6 is 15.9 Å². The maximum Gasteiger partial charge on any atom is 0.255 e. The number of carbonyl (C=O) groups excluding carboxylic acids is 1. The van der Waals surface area contributed by atoms with Gasteiger partial charge in [-0.1, -0.05) is 0 Å². The number of amides is 1. The molecule has 2 aromatic rings. The summed E-state index contributed by atoms with van der Waals surface area (Å²) in [5.74, 6) is 0.887. The molecule has 0 aliphatic carbocycles. The summed E-state index contributed by atoms with van der Waals surface area (Å²) >= 11 is 3.35. The van der Waals surface area contributed by atoms with Crippen molar-refractivity contribution in [2.45, 2.75) is 0 Å². The third-order valence-electron chi connectivity index (χ3n) is 3.96. The number of methoxy groups -OCH3 is 1. The van der Waals surface area contributed by atoms with Gasteiger partial charge in [-0.25, -0.2) is 0 Å². The Morgan fingerprint density at radius 3 is 2.43 bits per heavy atom. The van der Waals surface area contributed by atoms with E-state index in [-0.39, 0.29) is 5.91 Å². The molecule has 0 saturated carbocycles. The Kier molecular flexibility index (Phi) is 4.81. The number of anilines is 1. The van der Waals surface area contributed by atoms with Crippen molar-refractivity contribution >= 4 is 27.5 Å². The van der Waals surface area contributed by atoms with E-state index in [4.69, 9.17) is 4.74 Å². The Balaban J connectivity index is 1.62. The highest BCUT2D eigenvalue weighted by atomic mass is 79.9. The Labute approximate surface area is 144 Å². The van der Waals surface area contributed by atoms with Gasteiger partial charge in [0.15, 0.2) is 0 Å². The molecule has 1 saturated heterocycles. The normalized spacial score (nSPS) is 14.7. The van der Waals surface area contributed by atoms with Gasteiger partial charge in [0, 0.05) is 48.7 Å². The largest absolute Gasteiger partial charge is 0.497 e. The second-order valence-electron chi connectivity index (χ2n) is 5.37. The van der Waals surface area contributed by atoms with Crippen LogP contribution in [0.3, 0.4) is 0 Å². The van der Waals surface area contributed by atoms with E-state index in [1.54, 1.807) is 19.5 Å². The molecule has 3 rings (SSSR count). The summed E-state index contributed by atoms with van der Waals surface area (Å²) in [4.78, 5) is 20.7. The van der Waals surface area contributed by atoms with Crippen LogP contribution in [0.1, 0.15) is 10.4 Å². The van der Waals surface area contributed by atoms with Gasteiger partial charge in [-0.3, -0.25) is 9.78 Å². The first-order chi connectivity index (χ1) is 11.2. The monoisotopic (exact) mass is 375 g/mol. The van der Waals surface area contributed by atoms with Crippen molar-refractivity contribution in [1.29, 1.82) is 0 Å². The van der Waals surface area contributed by atoms with Gasteiger partial charge >= 0.3 is 0 Å². The number of nitrogens with zero attached hydrogens (tertiary/aromatic N) is 3. The van der Waals surface area contributed by atoms with Crippen molar-refractivity contribution in [2.75, 3.05) is 38.2 Å². The van der Waals surface area contributed by atoms with Crippen molar-refractivity contribution in [3.8, 4) is 5.75 Å². The van der Waals surface area contributed by atoms with Crippen LogP contribution in [0.25, 0.3) is 0 Å². The average molecular weight is 376 g/mol. The fourth-order valence-electron chi connectivity index (χ4n) is 2.67. The molecule has 0 radical (unpaired) electrons. The topological polar surface area (TPSA) is 45.7 Å². The molecule has 0 spiro atoms. The van der Waals surface area contributed by atoms with Gasteiger partial charge in [-0.15, -0.1) is 0 Å². The highest BCUT2D eigenvalue weighted by Crippen LogP contribution is 2.21. The summed E-state index contributed by atoms with van der Waals surface area (Å²) in [6.45, 7) is 3.05. The Morgan fingerprint density at radius 1 is 1.13 bits per heavy atom. The Morgan fingerprint density at radius 2 is 1.83 bits per heavy atom. The lowest BCUT2D eigenvalue weighted by atomic mass is 10.2. The number of rotatable bonds is 3. The molecule has 120 valence electrons. The summed E-state index contributed by atoms with van der Waals surface area (Å²) in [5.41, 5.74) is 1.78. The van der Waals surface area contributed by atoms with E-state index in [1.807, 2.05) is 23.1 Å². The SMILES string of the molecule is COc1ccc(N2CCN(C(=O)c3cncc(Br)c3)CC2)cc1. The molecule has 2 heterocycles. The summed E-state index contributed by atoms with van der Waals surface area (Å²) < 4.78 is 6.00. The molecular weight excluding hydrogens is 358 g/mol. The first-order valence-electron chi connectivity index (χ1n) is 7.46. The molecular formula is C17H18BrN3O2. The van der Waals surface area contributed by atoms with Gasteiger partial charge < -0.3 is 14.5 Å². The number of hydrogen-bond acceptors (Lipinski definition) is 4. The summed E-state index contributed by atoms with van der Waals surface area (Å²) in [5, 5.41) is 0. The standard InChI is InChI=1S/C17H18BrN3O2/c1-23-16-4-2-15(3-5-16)20-6-8-21(9-7-20)17(22)13-10-14(18)12-19-11-13/h2-5,10-12H,6-9H2,1H3. The molecule has 1 fully saturated rings. The molecule has 0 unspecified atom stereocenters. The maximum absolute atomic E-state index is 12.5. The minimum absolute atomic E-state index is 0.0354. The number of pyridine rings is 1. The third-order valence-corrected chi connectivity index (χ3v) is 4.39.